The molecule has 39 heavy (non-hydrogen) atoms. The van der Waals surface area contributed by atoms with Crippen LogP contribution in [0, 0.1) is 39.8 Å². The minimum Gasteiger partial charge on any atom is -0.464 e. The van der Waals surface area contributed by atoms with Gasteiger partial charge in [0.05, 0.1) is 17.9 Å². The molecule has 1 saturated heterocycles. The fraction of sp³-hybridized carbons (Fsp3) is 0.571. The highest BCUT2D eigenvalue weighted by atomic mass is 32.2. The predicted octanol–water partition coefficient (Wildman–Crippen LogP) is 3.03. The molecule has 9 nitrogen and oxygen atoms in total. The SMILES string of the molecule is C=C1C(=O)[C@@]23C(=O)OC[C@@]4([C@@H](OS(C)(=O)=O)CCC(C)(C)[C@H]4C=O)[C@@H]2CC[C@@H]1[C@H]3OC(=O)c1ccc(F)cc1. The third-order valence-corrected chi connectivity index (χ3v) is 10.1. The molecule has 0 radical (unpaired) electrons. The smallest absolute Gasteiger partial charge is 0.338 e. The Labute approximate surface area is 226 Å². The molecular formula is C28H31FO9S. The lowest BCUT2D eigenvalue weighted by Crippen LogP contribution is -2.71. The molecule has 4 aliphatic rings. The molecule has 11 heteroatoms. The Morgan fingerprint density at radius 2 is 1.82 bits per heavy atom. The van der Waals surface area contributed by atoms with E-state index in [1.165, 1.54) is 12.1 Å². The van der Waals surface area contributed by atoms with E-state index in [0.29, 0.717) is 12.8 Å². The number of esters is 2. The van der Waals surface area contributed by atoms with Crippen molar-refractivity contribution < 1.29 is 45.6 Å². The Morgan fingerprint density at radius 1 is 1.15 bits per heavy atom. The third kappa shape index (κ3) is 3.91. The first kappa shape index (κ1) is 27.6. The summed E-state index contributed by atoms with van der Waals surface area (Å²) in [6.45, 7) is 7.35. The van der Waals surface area contributed by atoms with Gasteiger partial charge in [0.1, 0.15) is 24.8 Å². The fourth-order valence-corrected chi connectivity index (χ4v) is 8.55. The molecule has 0 unspecified atom stereocenters. The number of carbonyl (C=O) groups excluding carboxylic acids is 4. The van der Waals surface area contributed by atoms with Crippen LogP contribution < -0.4 is 0 Å². The maximum atomic E-state index is 14.0. The summed E-state index contributed by atoms with van der Waals surface area (Å²) in [5.74, 6) is -5.40. The zero-order valence-electron chi connectivity index (χ0n) is 22.0. The van der Waals surface area contributed by atoms with E-state index in [1.54, 1.807) is 0 Å². The standard InChI is InChI=1S/C28H31FO9S/c1-15-18-9-10-19-27(20(13-30)26(2,3)12-11-21(27)38-39(4,34)35)14-36-25(33)28(19,22(15)31)23(18)37-24(32)16-5-7-17(29)8-6-16/h5-8,13,18-21,23H,1,9-12,14H2,2-4H3/t18-,19-,20+,21-,23+,27+,28-/m0/s1. The van der Waals surface area contributed by atoms with E-state index in [4.69, 9.17) is 13.7 Å². The molecule has 2 spiro atoms. The summed E-state index contributed by atoms with van der Waals surface area (Å²) in [6, 6.07) is 4.65. The van der Waals surface area contributed by atoms with Gasteiger partial charge < -0.3 is 14.3 Å². The predicted molar refractivity (Wildman–Crippen MR) is 134 cm³/mol. The lowest BCUT2D eigenvalue weighted by atomic mass is 9.43. The highest BCUT2D eigenvalue weighted by Crippen LogP contribution is 2.68. The van der Waals surface area contributed by atoms with Gasteiger partial charge in [-0.25, -0.2) is 9.18 Å². The van der Waals surface area contributed by atoms with Gasteiger partial charge in [0.25, 0.3) is 10.1 Å². The van der Waals surface area contributed by atoms with E-state index in [2.05, 4.69) is 6.58 Å². The van der Waals surface area contributed by atoms with Crippen molar-refractivity contribution in [1.82, 2.24) is 0 Å². The normalized spacial score (nSPS) is 37.2. The van der Waals surface area contributed by atoms with Gasteiger partial charge in [-0.05, 0) is 66.9 Å². The van der Waals surface area contributed by atoms with E-state index in [9.17, 15) is 32.0 Å². The molecule has 1 aromatic carbocycles. The number of hydrogen-bond donors (Lipinski definition) is 0. The second kappa shape index (κ2) is 9.05. The summed E-state index contributed by atoms with van der Waals surface area (Å²) in [4.78, 5) is 53.7. The molecule has 3 saturated carbocycles. The maximum absolute atomic E-state index is 14.0. The lowest BCUT2D eigenvalue weighted by Gasteiger charge is -2.62. The Hall–Kier alpha value is -2.92. The first-order valence-corrected chi connectivity index (χ1v) is 14.7. The number of carbonyl (C=O) groups is 4. The van der Waals surface area contributed by atoms with Gasteiger partial charge in [0.15, 0.2) is 11.2 Å². The molecule has 1 aromatic rings. The Bertz CT molecular complexity index is 1370. The van der Waals surface area contributed by atoms with Crippen LogP contribution in [-0.2, 0) is 38.2 Å². The average molecular weight is 563 g/mol. The molecule has 1 aliphatic heterocycles. The van der Waals surface area contributed by atoms with E-state index in [-0.39, 0.29) is 30.6 Å². The second-order valence-corrected chi connectivity index (χ2v) is 13.5. The molecule has 4 fully saturated rings. The molecular weight excluding hydrogens is 531 g/mol. The molecule has 0 amide bonds. The van der Waals surface area contributed by atoms with Crippen LogP contribution >= 0.6 is 0 Å². The zero-order valence-corrected chi connectivity index (χ0v) is 22.8. The fourth-order valence-electron chi connectivity index (χ4n) is 7.86. The quantitative estimate of drug-likeness (QED) is 0.175. The molecule has 5 rings (SSSR count). The molecule has 2 bridgehead atoms. The summed E-state index contributed by atoms with van der Waals surface area (Å²) in [5.41, 5.74) is -3.91. The zero-order chi connectivity index (χ0) is 28.5. The van der Waals surface area contributed by atoms with Gasteiger partial charge >= 0.3 is 11.9 Å². The number of Topliss-reactive ketones (excluding diaryl/α,β-unsaturated/α-hetero) is 1. The van der Waals surface area contributed by atoms with Crippen molar-refractivity contribution >= 4 is 34.1 Å². The topological polar surface area (TPSA) is 130 Å². The summed E-state index contributed by atoms with van der Waals surface area (Å²) in [7, 11) is -4.01. The van der Waals surface area contributed by atoms with Gasteiger partial charge in [-0.2, -0.15) is 8.42 Å². The summed E-state index contributed by atoms with van der Waals surface area (Å²) in [5, 5.41) is 0. The molecule has 0 N–H and O–H groups in total. The highest BCUT2D eigenvalue weighted by Gasteiger charge is 2.79. The maximum Gasteiger partial charge on any atom is 0.338 e. The van der Waals surface area contributed by atoms with Gasteiger partial charge in [-0.15, -0.1) is 0 Å². The molecule has 0 aromatic heterocycles. The van der Waals surface area contributed by atoms with Gasteiger partial charge in [0, 0.05) is 17.3 Å². The van der Waals surface area contributed by atoms with Crippen molar-refractivity contribution in [2.45, 2.75) is 51.7 Å². The lowest BCUT2D eigenvalue weighted by molar-refractivity contribution is -0.242. The van der Waals surface area contributed by atoms with Crippen LogP contribution in [0.15, 0.2) is 36.4 Å². The van der Waals surface area contributed by atoms with Crippen LogP contribution in [0.5, 0.6) is 0 Å². The van der Waals surface area contributed by atoms with Crippen molar-refractivity contribution in [2.24, 2.45) is 34.0 Å². The van der Waals surface area contributed by atoms with Gasteiger partial charge in [-0.1, -0.05) is 20.4 Å². The van der Waals surface area contributed by atoms with Gasteiger partial charge in [0.2, 0.25) is 0 Å². The first-order valence-electron chi connectivity index (χ1n) is 12.9. The second-order valence-electron chi connectivity index (χ2n) is 11.9. The number of ether oxygens (including phenoxy) is 2. The Kier molecular flexibility index (Phi) is 6.42. The average Bonchev–Trinajstić information content (AvgIpc) is 2.97. The van der Waals surface area contributed by atoms with Crippen molar-refractivity contribution in [2.75, 3.05) is 12.9 Å². The van der Waals surface area contributed by atoms with Crippen LogP contribution in [0.3, 0.4) is 0 Å². The van der Waals surface area contributed by atoms with Crippen LogP contribution in [0.4, 0.5) is 4.39 Å². The number of hydrogen-bond acceptors (Lipinski definition) is 9. The highest BCUT2D eigenvalue weighted by molar-refractivity contribution is 7.86. The molecule has 7 atom stereocenters. The summed E-state index contributed by atoms with van der Waals surface area (Å²) < 4.78 is 55.4. The Balaban J connectivity index is 1.68. The monoisotopic (exact) mass is 562 g/mol. The minimum absolute atomic E-state index is 0.0223. The number of halogens is 1. The number of ketones is 1. The number of rotatable bonds is 5. The van der Waals surface area contributed by atoms with Crippen LogP contribution in [0.2, 0.25) is 0 Å². The van der Waals surface area contributed by atoms with Crippen molar-refractivity contribution in [3.8, 4) is 0 Å². The van der Waals surface area contributed by atoms with E-state index < -0.39 is 79.9 Å². The van der Waals surface area contributed by atoms with Crippen molar-refractivity contribution in [3.63, 3.8) is 0 Å². The van der Waals surface area contributed by atoms with Crippen molar-refractivity contribution in [1.29, 1.82) is 0 Å². The number of benzene rings is 1. The number of cyclic esters (lactones) is 1. The Morgan fingerprint density at radius 3 is 2.44 bits per heavy atom. The third-order valence-electron chi connectivity index (χ3n) is 9.50. The van der Waals surface area contributed by atoms with Crippen LogP contribution in [-0.4, -0.2) is 57.5 Å². The summed E-state index contributed by atoms with van der Waals surface area (Å²) >= 11 is 0. The number of aldehydes is 1. The number of fused-ring (bicyclic) bond motifs is 2. The molecule has 1 heterocycles. The van der Waals surface area contributed by atoms with Crippen LogP contribution in [0.25, 0.3) is 0 Å². The van der Waals surface area contributed by atoms with E-state index in [0.717, 1.165) is 24.7 Å². The van der Waals surface area contributed by atoms with Gasteiger partial charge in [-0.3, -0.25) is 13.8 Å². The van der Waals surface area contributed by atoms with Crippen molar-refractivity contribution in [3.05, 3.63) is 47.8 Å². The minimum atomic E-state index is -4.01. The van der Waals surface area contributed by atoms with Crippen LogP contribution in [0.1, 0.15) is 49.9 Å². The first-order chi connectivity index (χ1) is 18.2. The van der Waals surface area contributed by atoms with E-state index in [1.807, 2.05) is 13.8 Å². The molecule has 210 valence electrons. The largest absolute Gasteiger partial charge is 0.464 e. The summed E-state index contributed by atoms with van der Waals surface area (Å²) in [6.07, 6.45) is 0.570. The van der Waals surface area contributed by atoms with E-state index >= 15 is 0 Å². The molecule has 3 aliphatic carbocycles.